The molecule has 1 aromatic carbocycles. The van der Waals surface area contributed by atoms with Crippen LogP contribution in [0.5, 0.6) is 0 Å². The number of anilines is 1. The number of nitrogens with one attached hydrogen (secondary N) is 1. The summed E-state index contributed by atoms with van der Waals surface area (Å²) in [7, 11) is 0. The molecule has 3 rings (SSSR count). The van der Waals surface area contributed by atoms with Crippen LogP contribution in [0.15, 0.2) is 29.3 Å². The molecule has 0 unspecified atom stereocenters. The first-order valence-corrected chi connectivity index (χ1v) is 7.25. The first-order chi connectivity index (χ1) is 11.3. The SMILES string of the molecule is CC(=O)Nc1ccc(-c2cc(C(F)(F)F)cc3c2C=NC3)c(C)n1. The van der Waals surface area contributed by atoms with Gasteiger partial charge in [0.05, 0.1) is 12.1 Å². The van der Waals surface area contributed by atoms with Crippen LogP contribution in [0, 0.1) is 6.92 Å². The number of halogens is 3. The highest BCUT2D eigenvalue weighted by atomic mass is 19.4. The highest BCUT2D eigenvalue weighted by Gasteiger charge is 2.33. The fourth-order valence-corrected chi connectivity index (χ4v) is 2.71. The van der Waals surface area contributed by atoms with Gasteiger partial charge in [0, 0.05) is 30.0 Å². The van der Waals surface area contributed by atoms with E-state index in [1.165, 1.54) is 6.92 Å². The summed E-state index contributed by atoms with van der Waals surface area (Å²) in [4.78, 5) is 19.4. The van der Waals surface area contributed by atoms with Crippen molar-refractivity contribution in [2.45, 2.75) is 26.6 Å². The Morgan fingerprint density at radius 1 is 1.21 bits per heavy atom. The maximum Gasteiger partial charge on any atom is 0.416 e. The molecule has 0 bridgehead atoms. The number of pyridine rings is 1. The lowest BCUT2D eigenvalue weighted by Crippen LogP contribution is -2.09. The number of rotatable bonds is 2. The smallest absolute Gasteiger partial charge is 0.311 e. The molecule has 0 aliphatic carbocycles. The molecule has 0 spiro atoms. The molecule has 1 aliphatic heterocycles. The first kappa shape index (κ1) is 16.2. The van der Waals surface area contributed by atoms with Crippen molar-refractivity contribution in [3.05, 3.63) is 46.6 Å². The van der Waals surface area contributed by atoms with E-state index in [1.54, 1.807) is 25.3 Å². The molecule has 2 heterocycles. The predicted octanol–water partition coefficient (Wildman–Crippen LogP) is 3.97. The number of fused-ring (bicyclic) bond motifs is 1. The summed E-state index contributed by atoms with van der Waals surface area (Å²) in [5, 5.41) is 2.56. The Bertz CT molecular complexity index is 857. The number of nitrogens with zero attached hydrogens (tertiary/aromatic N) is 2. The van der Waals surface area contributed by atoms with Gasteiger partial charge in [0.1, 0.15) is 5.82 Å². The lowest BCUT2D eigenvalue weighted by atomic mass is 9.93. The summed E-state index contributed by atoms with van der Waals surface area (Å²) >= 11 is 0. The minimum atomic E-state index is -4.43. The van der Waals surface area contributed by atoms with E-state index in [0.29, 0.717) is 33.8 Å². The molecule has 124 valence electrons. The van der Waals surface area contributed by atoms with Crippen LogP contribution in [0.1, 0.15) is 29.3 Å². The number of carbonyl (C=O) groups excluding carboxylic acids is 1. The molecule has 1 aromatic heterocycles. The van der Waals surface area contributed by atoms with Gasteiger partial charge in [-0.3, -0.25) is 9.79 Å². The van der Waals surface area contributed by atoms with Crippen molar-refractivity contribution in [3.63, 3.8) is 0 Å². The van der Waals surface area contributed by atoms with Crippen molar-refractivity contribution in [1.82, 2.24) is 4.98 Å². The number of alkyl halides is 3. The molecule has 24 heavy (non-hydrogen) atoms. The van der Waals surface area contributed by atoms with Crippen LogP contribution in [0.25, 0.3) is 11.1 Å². The average molecular weight is 333 g/mol. The largest absolute Gasteiger partial charge is 0.416 e. The molecule has 1 N–H and O–H groups in total. The molecule has 0 radical (unpaired) electrons. The number of aryl methyl sites for hydroxylation is 1. The Morgan fingerprint density at radius 2 is 1.96 bits per heavy atom. The number of aliphatic imine (C=N–C) groups is 1. The van der Waals surface area contributed by atoms with Gasteiger partial charge >= 0.3 is 6.18 Å². The third-order valence-electron chi connectivity index (χ3n) is 3.76. The minimum Gasteiger partial charge on any atom is -0.311 e. The first-order valence-electron chi connectivity index (χ1n) is 7.25. The quantitative estimate of drug-likeness (QED) is 0.904. The van der Waals surface area contributed by atoms with Crippen LogP contribution >= 0.6 is 0 Å². The molecule has 0 fully saturated rings. The molecule has 0 saturated heterocycles. The summed E-state index contributed by atoms with van der Waals surface area (Å²) in [5.74, 6) is 0.0998. The number of carbonyl (C=O) groups is 1. The standard InChI is InChI=1S/C17H14F3N3O/c1-9-13(3-4-16(22-9)23-10(2)24)14-6-12(17(18,19)20)5-11-7-21-8-15(11)14/h3-6,8H,7H2,1-2H3,(H,22,23,24). The third-order valence-corrected chi connectivity index (χ3v) is 3.76. The Balaban J connectivity index is 2.14. The van der Waals surface area contributed by atoms with Crippen LogP contribution in [0.2, 0.25) is 0 Å². The second-order valence-electron chi connectivity index (χ2n) is 5.57. The van der Waals surface area contributed by atoms with Crippen molar-refractivity contribution < 1.29 is 18.0 Å². The lowest BCUT2D eigenvalue weighted by Gasteiger charge is -2.15. The zero-order valence-corrected chi connectivity index (χ0v) is 13.0. The predicted molar refractivity (Wildman–Crippen MR) is 85.0 cm³/mol. The van der Waals surface area contributed by atoms with E-state index in [2.05, 4.69) is 15.3 Å². The zero-order chi connectivity index (χ0) is 17.5. The van der Waals surface area contributed by atoms with Gasteiger partial charge in [0.15, 0.2) is 0 Å². The van der Waals surface area contributed by atoms with Crippen LogP contribution < -0.4 is 5.32 Å². The molecule has 1 aliphatic rings. The number of benzene rings is 1. The molecule has 4 nitrogen and oxygen atoms in total. The average Bonchev–Trinajstić information content (AvgIpc) is 2.93. The molecular weight excluding hydrogens is 319 g/mol. The van der Waals surface area contributed by atoms with E-state index >= 15 is 0 Å². The van der Waals surface area contributed by atoms with Gasteiger partial charge < -0.3 is 5.32 Å². The molecule has 7 heteroatoms. The fraction of sp³-hybridized carbons (Fsp3) is 0.235. The van der Waals surface area contributed by atoms with E-state index in [4.69, 9.17) is 0 Å². The van der Waals surface area contributed by atoms with Gasteiger partial charge in [-0.05, 0) is 42.3 Å². The van der Waals surface area contributed by atoms with Crippen LogP contribution in [0.4, 0.5) is 19.0 Å². The summed E-state index contributed by atoms with van der Waals surface area (Å²) in [6.07, 6.45) is -2.84. The molecule has 0 atom stereocenters. The normalized spacial score (nSPS) is 13.0. The van der Waals surface area contributed by atoms with Crippen molar-refractivity contribution in [2.75, 3.05) is 5.32 Å². The topological polar surface area (TPSA) is 54.4 Å². The molecular formula is C17H14F3N3O. The maximum absolute atomic E-state index is 13.2. The van der Waals surface area contributed by atoms with Crippen LogP contribution in [-0.4, -0.2) is 17.1 Å². The minimum absolute atomic E-state index is 0.239. The van der Waals surface area contributed by atoms with E-state index in [9.17, 15) is 18.0 Å². The van der Waals surface area contributed by atoms with Gasteiger partial charge in [0.25, 0.3) is 0 Å². The Kier molecular flexibility index (Phi) is 3.87. The Morgan fingerprint density at radius 3 is 2.58 bits per heavy atom. The van der Waals surface area contributed by atoms with E-state index < -0.39 is 11.7 Å². The zero-order valence-electron chi connectivity index (χ0n) is 13.0. The van der Waals surface area contributed by atoms with Gasteiger partial charge in [-0.25, -0.2) is 4.98 Å². The number of hydrogen-bond donors (Lipinski definition) is 1. The third kappa shape index (κ3) is 3.02. The fourth-order valence-electron chi connectivity index (χ4n) is 2.71. The summed E-state index contributed by atoms with van der Waals surface area (Å²) in [5.41, 5.74) is 2.08. The Hall–Kier alpha value is -2.70. The van der Waals surface area contributed by atoms with Gasteiger partial charge in [-0.2, -0.15) is 13.2 Å². The molecule has 1 amide bonds. The number of aromatic nitrogens is 1. The van der Waals surface area contributed by atoms with Gasteiger partial charge in [0.2, 0.25) is 5.91 Å². The van der Waals surface area contributed by atoms with Crippen molar-refractivity contribution in [1.29, 1.82) is 0 Å². The van der Waals surface area contributed by atoms with Crippen molar-refractivity contribution in [3.8, 4) is 11.1 Å². The van der Waals surface area contributed by atoms with Gasteiger partial charge in [-0.1, -0.05) is 0 Å². The molecule has 2 aromatic rings. The monoisotopic (exact) mass is 333 g/mol. The summed E-state index contributed by atoms with van der Waals surface area (Å²) in [6.45, 7) is 3.29. The Labute approximate surface area is 136 Å². The maximum atomic E-state index is 13.2. The number of amides is 1. The van der Waals surface area contributed by atoms with Crippen molar-refractivity contribution >= 4 is 17.9 Å². The second kappa shape index (κ2) is 5.74. The highest BCUT2D eigenvalue weighted by Crippen LogP contribution is 2.37. The number of hydrogen-bond acceptors (Lipinski definition) is 3. The van der Waals surface area contributed by atoms with E-state index in [-0.39, 0.29) is 12.5 Å². The highest BCUT2D eigenvalue weighted by molar-refractivity contribution is 5.95. The van der Waals surface area contributed by atoms with E-state index in [0.717, 1.165) is 12.1 Å². The van der Waals surface area contributed by atoms with Crippen LogP contribution in [-0.2, 0) is 17.5 Å². The van der Waals surface area contributed by atoms with E-state index in [1.807, 2.05) is 0 Å². The van der Waals surface area contributed by atoms with Crippen molar-refractivity contribution in [2.24, 2.45) is 4.99 Å². The second-order valence-corrected chi connectivity index (χ2v) is 5.57. The van der Waals surface area contributed by atoms with Gasteiger partial charge in [-0.15, -0.1) is 0 Å². The molecule has 0 saturated carbocycles. The summed E-state index contributed by atoms with van der Waals surface area (Å²) in [6, 6.07) is 5.50. The summed E-state index contributed by atoms with van der Waals surface area (Å²) < 4.78 is 39.5. The lowest BCUT2D eigenvalue weighted by molar-refractivity contribution is -0.137. The van der Waals surface area contributed by atoms with Crippen LogP contribution in [0.3, 0.4) is 0 Å².